The Morgan fingerprint density at radius 1 is 1.60 bits per heavy atom. The third-order valence-corrected chi connectivity index (χ3v) is 1.68. The minimum absolute atomic E-state index is 0.00102. The first-order chi connectivity index (χ1) is 4.52. The molecule has 1 rings (SSSR count). The summed E-state index contributed by atoms with van der Waals surface area (Å²) >= 11 is 4.88. The highest BCUT2D eigenvalue weighted by Crippen LogP contribution is 2.04. The maximum atomic E-state index is 11.0. The predicted molar refractivity (Wildman–Crippen MR) is 42.8 cm³/mol. The van der Waals surface area contributed by atoms with Gasteiger partial charge in [0.1, 0.15) is 5.54 Å². The number of carbonyl (C=O) groups excluding carboxylic acids is 1. The van der Waals surface area contributed by atoms with Crippen LogP contribution >= 0.6 is 12.2 Å². The summed E-state index contributed by atoms with van der Waals surface area (Å²) in [6.45, 7) is 4.07. The fourth-order valence-corrected chi connectivity index (χ4v) is 1.16. The van der Waals surface area contributed by atoms with Gasteiger partial charge in [0.15, 0.2) is 0 Å². The number of piperazine rings is 1. The van der Waals surface area contributed by atoms with E-state index in [0.29, 0.717) is 11.5 Å². The summed E-state index contributed by atoms with van der Waals surface area (Å²) in [6, 6.07) is 0. The largest absolute Gasteiger partial charge is 0.365 e. The van der Waals surface area contributed by atoms with Gasteiger partial charge < -0.3 is 10.6 Å². The van der Waals surface area contributed by atoms with Crippen LogP contribution in [0.2, 0.25) is 0 Å². The van der Waals surface area contributed by atoms with Gasteiger partial charge in [-0.25, -0.2) is 0 Å². The molecule has 0 aliphatic carbocycles. The maximum Gasteiger partial charge on any atom is 0.245 e. The Labute approximate surface area is 65.2 Å². The maximum absolute atomic E-state index is 11.0. The van der Waals surface area contributed by atoms with Crippen molar-refractivity contribution in [3.63, 3.8) is 0 Å². The first-order valence-electron chi connectivity index (χ1n) is 3.12. The van der Waals surface area contributed by atoms with E-state index in [1.54, 1.807) is 13.8 Å². The fourth-order valence-electron chi connectivity index (χ4n) is 0.831. The second kappa shape index (κ2) is 2.20. The van der Waals surface area contributed by atoms with Crippen LogP contribution in [-0.2, 0) is 4.79 Å². The third-order valence-electron chi connectivity index (χ3n) is 1.43. The van der Waals surface area contributed by atoms with E-state index < -0.39 is 5.54 Å². The zero-order valence-corrected chi connectivity index (χ0v) is 6.84. The number of carbonyl (C=O) groups is 1. The molecule has 1 heterocycles. The van der Waals surface area contributed by atoms with Gasteiger partial charge in [0.2, 0.25) is 5.91 Å². The summed E-state index contributed by atoms with van der Waals surface area (Å²) in [5.41, 5.74) is -0.532. The van der Waals surface area contributed by atoms with E-state index in [1.165, 1.54) is 0 Å². The summed E-state index contributed by atoms with van der Waals surface area (Å²) in [4.78, 5) is 11.7. The Hall–Kier alpha value is -0.640. The second-order valence-electron chi connectivity index (χ2n) is 2.86. The lowest BCUT2D eigenvalue weighted by Gasteiger charge is -2.31. The van der Waals surface area contributed by atoms with Crippen LogP contribution in [0.4, 0.5) is 0 Å². The van der Waals surface area contributed by atoms with Crippen LogP contribution in [0.25, 0.3) is 0 Å². The average molecular weight is 158 g/mol. The quantitative estimate of drug-likeness (QED) is 0.480. The van der Waals surface area contributed by atoms with Crippen LogP contribution in [0.1, 0.15) is 13.8 Å². The van der Waals surface area contributed by atoms with Crippen LogP contribution in [-0.4, -0.2) is 23.0 Å². The average Bonchev–Trinajstić information content (AvgIpc) is 1.78. The monoisotopic (exact) mass is 158 g/mol. The SMILES string of the molecule is CC1(C)NC(=S)CNC1=O. The molecule has 0 unspecified atom stereocenters. The molecule has 0 aromatic carbocycles. The van der Waals surface area contributed by atoms with Crippen molar-refractivity contribution in [2.45, 2.75) is 19.4 Å². The molecule has 0 atom stereocenters. The summed E-state index contributed by atoms with van der Waals surface area (Å²) in [7, 11) is 0. The van der Waals surface area contributed by atoms with Crippen molar-refractivity contribution < 1.29 is 4.79 Å². The van der Waals surface area contributed by atoms with Gasteiger partial charge in [-0.2, -0.15) is 0 Å². The zero-order valence-electron chi connectivity index (χ0n) is 6.02. The molecule has 4 heteroatoms. The minimum atomic E-state index is -0.532. The lowest BCUT2D eigenvalue weighted by molar-refractivity contribution is -0.126. The molecular weight excluding hydrogens is 148 g/mol. The molecule has 2 N–H and O–H groups in total. The number of amides is 1. The smallest absolute Gasteiger partial charge is 0.245 e. The Bertz CT molecular complexity index is 188. The van der Waals surface area contributed by atoms with Gasteiger partial charge in [0.05, 0.1) is 11.5 Å². The standard InChI is InChI=1S/C6H10N2OS/c1-6(2)5(9)7-3-4(10)8-6/h3H2,1-2H3,(H,7,9)(H,8,10). The Balaban J connectivity index is 2.73. The summed E-state index contributed by atoms with van der Waals surface area (Å²) in [6.07, 6.45) is 0. The fraction of sp³-hybridized carbons (Fsp3) is 0.667. The topological polar surface area (TPSA) is 41.1 Å². The van der Waals surface area contributed by atoms with Crippen LogP contribution in [0, 0.1) is 0 Å². The van der Waals surface area contributed by atoms with Crippen LogP contribution in [0.5, 0.6) is 0 Å². The van der Waals surface area contributed by atoms with E-state index in [1.807, 2.05) is 0 Å². The predicted octanol–water partition coefficient (Wildman–Crippen LogP) is -0.188. The van der Waals surface area contributed by atoms with Gasteiger partial charge in [-0.15, -0.1) is 0 Å². The van der Waals surface area contributed by atoms with Crippen molar-refractivity contribution >= 4 is 23.1 Å². The Morgan fingerprint density at radius 2 is 2.20 bits per heavy atom. The van der Waals surface area contributed by atoms with E-state index in [0.717, 1.165) is 0 Å². The molecule has 1 amide bonds. The molecule has 0 radical (unpaired) electrons. The van der Waals surface area contributed by atoms with E-state index in [-0.39, 0.29) is 5.91 Å². The first kappa shape index (κ1) is 7.47. The van der Waals surface area contributed by atoms with E-state index in [9.17, 15) is 4.79 Å². The van der Waals surface area contributed by atoms with Crippen LogP contribution < -0.4 is 10.6 Å². The third kappa shape index (κ3) is 1.26. The molecule has 1 fully saturated rings. The van der Waals surface area contributed by atoms with Gasteiger partial charge in [-0.05, 0) is 13.8 Å². The van der Waals surface area contributed by atoms with Crippen LogP contribution in [0.15, 0.2) is 0 Å². The second-order valence-corrected chi connectivity index (χ2v) is 3.35. The van der Waals surface area contributed by atoms with Gasteiger partial charge in [-0.3, -0.25) is 4.79 Å². The molecule has 10 heavy (non-hydrogen) atoms. The molecule has 0 saturated carbocycles. The highest BCUT2D eigenvalue weighted by Gasteiger charge is 2.31. The molecule has 3 nitrogen and oxygen atoms in total. The molecule has 0 bridgehead atoms. The molecular formula is C6H10N2OS. The first-order valence-corrected chi connectivity index (χ1v) is 3.52. The van der Waals surface area contributed by atoms with Gasteiger partial charge in [0, 0.05) is 0 Å². The molecule has 56 valence electrons. The van der Waals surface area contributed by atoms with Crippen molar-refractivity contribution in [2.75, 3.05) is 6.54 Å². The van der Waals surface area contributed by atoms with Crippen molar-refractivity contribution in [3.8, 4) is 0 Å². The number of thiocarbonyl (C=S) groups is 1. The van der Waals surface area contributed by atoms with Crippen molar-refractivity contribution in [1.82, 2.24) is 10.6 Å². The van der Waals surface area contributed by atoms with E-state index >= 15 is 0 Å². The summed E-state index contributed by atoms with van der Waals surface area (Å²) in [5.74, 6) is 0.00102. The number of rotatable bonds is 0. The Morgan fingerprint density at radius 3 is 2.60 bits per heavy atom. The zero-order chi connectivity index (χ0) is 7.78. The van der Waals surface area contributed by atoms with Crippen LogP contribution in [0.3, 0.4) is 0 Å². The number of nitrogens with one attached hydrogen (secondary N) is 2. The summed E-state index contributed by atoms with van der Waals surface area (Å²) < 4.78 is 0. The van der Waals surface area contributed by atoms with Crippen molar-refractivity contribution in [1.29, 1.82) is 0 Å². The lowest BCUT2D eigenvalue weighted by atomic mass is 10.0. The van der Waals surface area contributed by atoms with E-state index in [4.69, 9.17) is 12.2 Å². The van der Waals surface area contributed by atoms with Crippen molar-refractivity contribution in [2.24, 2.45) is 0 Å². The highest BCUT2D eigenvalue weighted by atomic mass is 32.1. The molecule has 1 aliphatic heterocycles. The van der Waals surface area contributed by atoms with Gasteiger partial charge in [0.25, 0.3) is 0 Å². The molecule has 0 aromatic heterocycles. The molecule has 0 spiro atoms. The highest BCUT2D eigenvalue weighted by molar-refractivity contribution is 7.80. The molecule has 0 aromatic rings. The van der Waals surface area contributed by atoms with Gasteiger partial charge >= 0.3 is 0 Å². The summed E-state index contributed by atoms with van der Waals surface area (Å²) in [5, 5.41) is 5.60. The molecule has 1 saturated heterocycles. The Kier molecular flexibility index (Phi) is 1.64. The molecule has 1 aliphatic rings. The number of hydrogen-bond donors (Lipinski definition) is 2. The van der Waals surface area contributed by atoms with Gasteiger partial charge in [-0.1, -0.05) is 12.2 Å². The normalized spacial score (nSPS) is 23.4. The minimum Gasteiger partial charge on any atom is -0.365 e. The van der Waals surface area contributed by atoms with Crippen molar-refractivity contribution in [3.05, 3.63) is 0 Å². The number of hydrogen-bond acceptors (Lipinski definition) is 2. The van der Waals surface area contributed by atoms with E-state index in [2.05, 4.69) is 10.6 Å². The lowest BCUT2D eigenvalue weighted by Crippen LogP contribution is -2.61.